The highest BCUT2D eigenvalue weighted by atomic mass is 35.5. The summed E-state index contributed by atoms with van der Waals surface area (Å²) in [5.41, 5.74) is -1.34. The van der Waals surface area contributed by atoms with Crippen molar-refractivity contribution in [3.63, 3.8) is 0 Å². The van der Waals surface area contributed by atoms with Crippen LogP contribution in [0, 0.1) is 0 Å². The molecular formula is C17H14ClF3N4O5. The van der Waals surface area contributed by atoms with Gasteiger partial charge in [-0.2, -0.15) is 13.2 Å². The normalized spacial score (nSPS) is 16.0. The minimum absolute atomic E-state index is 0.0158. The number of ketones is 1. The average Bonchev–Trinajstić information content (AvgIpc) is 3.35. The summed E-state index contributed by atoms with van der Waals surface area (Å²) in [5, 5.41) is 9.71. The van der Waals surface area contributed by atoms with E-state index in [1.54, 1.807) is 6.92 Å². The smallest absolute Gasteiger partial charge is 0.417 e. The van der Waals surface area contributed by atoms with Crippen LogP contribution < -0.4 is 5.32 Å². The standard InChI is InChI=1S/C17H14ClF3N4O5/c1-2-28-16(27)13-10(7-29-25-13)14(26)12-4-9(30-24-12)6-23-15-11(18)3-8(5-22-15)17(19,20)21/h3,5,7,9H,2,4,6H2,1H3,(H,22,23)/t9-/m1/s1. The van der Waals surface area contributed by atoms with Crippen molar-refractivity contribution in [3.05, 3.63) is 40.4 Å². The van der Waals surface area contributed by atoms with Crippen LogP contribution in [-0.4, -0.2) is 46.9 Å². The Morgan fingerprint density at radius 3 is 2.83 bits per heavy atom. The molecule has 2 aromatic rings. The maximum Gasteiger partial charge on any atom is 0.417 e. The Labute approximate surface area is 172 Å². The number of alkyl halides is 3. The van der Waals surface area contributed by atoms with Gasteiger partial charge in [-0.1, -0.05) is 21.9 Å². The molecule has 0 fully saturated rings. The molecule has 0 unspecified atom stereocenters. The monoisotopic (exact) mass is 446 g/mol. The minimum Gasteiger partial charge on any atom is -0.461 e. The van der Waals surface area contributed by atoms with Crippen LogP contribution in [0.5, 0.6) is 0 Å². The SMILES string of the molecule is CCOC(=O)c1nocc1C(=O)C1=NO[C@@H](CNc2ncc(C(F)(F)F)cc2Cl)C1. The van der Waals surface area contributed by atoms with E-state index >= 15 is 0 Å². The van der Waals surface area contributed by atoms with E-state index in [0.717, 1.165) is 12.3 Å². The summed E-state index contributed by atoms with van der Waals surface area (Å²) in [5.74, 6) is -1.40. The molecule has 9 nitrogen and oxygen atoms in total. The Morgan fingerprint density at radius 2 is 2.17 bits per heavy atom. The fourth-order valence-electron chi connectivity index (χ4n) is 2.51. The molecule has 0 amide bonds. The summed E-state index contributed by atoms with van der Waals surface area (Å²) in [7, 11) is 0. The van der Waals surface area contributed by atoms with Gasteiger partial charge in [0.1, 0.15) is 17.8 Å². The van der Waals surface area contributed by atoms with E-state index in [-0.39, 0.29) is 47.4 Å². The van der Waals surface area contributed by atoms with E-state index in [2.05, 4.69) is 25.1 Å². The van der Waals surface area contributed by atoms with Gasteiger partial charge in [0.15, 0.2) is 6.10 Å². The summed E-state index contributed by atoms with van der Waals surface area (Å²) in [4.78, 5) is 33.2. The first-order valence-electron chi connectivity index (χ1n) is 8.56. The maximum atomic E-state index is 12.7. The molecule has 1 atom stereocenters. The number of anilines is 1. The van der Waals surface area contributed by atoms with E-state index in [1.807, 2.05) is 0 Å². The highest BCUT2D eigenvalue weighted by Crippen LogP contribution is 2.32. The number of hydrogen-bond donors (Lipinski definition) is 1. The lowest BCUT2D eigenvalue weighted by molar-refractivity contribution is -0.137. The number of carbonyl (C=O) groups excluding carboxylic acids is 2. The Hall–Kier alpha value is -3.15. The summed E-state index contributed by atoms with van der Waals surface area (Å²) >= 11 is 5.83. The second kappa shape index (κ2) is 8.69. The van der Waals surface area contributed by atoms with Gasteiger partial charge < -0.3 is 19.4 Å². The highest BCUT2D eigenvalue weighted by molar-refractivity contribution is 6.47. The third-order valence-electron chi connectivity index (χ3n) is 3.94. The van der Waals surface area contributed by atoms with E-state index in [0.29, 0.717) is 6.20 Å². The van der Waals surface area contributed by atoms with Crippen molar-refractivity contribution < 1.29 is 36.9 Å². The Bertz CT molecular complexity index is 992. The number of ether oxygens (including phenoxy) is 1. The van der Waals surface area contributed by atoms with Crippen LogP contribution in [0.25, 0.3) is 0 Å². The molecule has 0 saturated heterocycles. The van der Waals surface area contributed by atoms with Gasteiger partial charge >= 0.3 is 12.1 Å². The van der Waals surface area contributed by atoms with E-state index in [1.165, 1.54) is 0 Å². The van der Waals surface area contributed by atoms with Gasteiger partial charge in [0.05, 0.1) is 29.3 Å². The highest BCUT2D eigenvalue weighted by Gasteiger charge is 2.33. The molecule has 13 heteroatoms. The molecule has 160 valence electrons. The third kappa shape index (κ3) is 4.70. The number of aromatic nitrogens is 2. The third-order valence-corrected chi connectivity index (χ3v) is 4.23. The van der Waals surface area contributed by atoms with Crippen LogP contribution in [0.1, 0.15) is 39.8 Å². The number of hydrogen-bond acceptors (Lipinski definition) is 9. The van der Waals surface area contributed by atoms with Crippen molar-refractivity contribution in [1.29, 1.82) is 0 Å². The Kier molecular flexibility index (Phi) is 6.25. The molecule has 1 aliphatic rings. The van der Waals surface area contributed by atoms with Crippen molar-refractivity contribution in [1.82, 2.24) is 10.1 Å². The minimum atomic E-state index is -4.56. The summed E-state index contributed by atoms with van der Waals surface area (Å²) in [6.45, 7) is 1.76. The van der Waals surface area contributed by atoms with Crippen molar-refractivity contribution in [3.8, 4) is 0 Å². The summed E-state index contributed by atoms with van der Waals surface area (Å²) < 4.78 is 47.5. The van der Waals surface area contributed by atoms with Crippen LogP contribution >= 0.6 is 11.6 Å². The predicted molar refractivity (Wildman–Crippen MR) is 96.5 cm³/mol. The zero-order valence-corrected chi connectivity index (χ0v) is 16.1. The van der Waals surface area contributed by atoms with Crippen molar-refractivity contribution in [2.45, 2.75) is 25.6 Å². The van der Waals surface area contributed by atoms with Crippen LogP contribution in [-0.2, 0) is 15.8 Å². The van der Waals surface area contributed by atoms with Crippen LogP contribution in [0.3, 0.4) is 0 Å². The second-order valence-corrected chi connectivity index (χ2v) is 6.44. The molecule has 2 aromatic heterocycles. The topological polar surface area (TPSA) is 116 Å². The van der Waals surface area contributed by atoms with Gasteiger partial charge in [0.25, 0.3) is 0 Å². The van der Waals surface area contributed by atoms with Gasteiger partial charge in [0, 0.05) is 12.6 Å². The summed E-state index contributed by atoms with van der Waals surface area (Å²) in [6.07, 6.45) is -3.45. The number of Topliss-reactive ketones (excluding diaryl/α,β-unsaturated/α-hetero) is 1. The fourth-order valence-corrected chi connectivity index (χ4v) is 2.74. The van der Waals surface area contributed by atoms with Gasteiger partial charge in [0.2, 0.25) is 11.5 Å². The maximum absolute atomic E-state index is 12.7. The number of rotatable bonds is 7. The molecule has 0 radical (unpaired) electrons. The average molecular weight is 447 g/mol. The second-order valence-electron chi connectivity index (χ2n) is 6.03. The van der Waals surface area contributed by atoms with Gasteiger partial charge in [-0.25, -0.2) is 9.78 Å². The largest absolute Gasteiger partial charge is 0.461 e. The number of esters is 1. The van der Waals surface area contributed by atoms with Crippen LogP contribution in [0.2, 0.25) is 5.02 Å². The van der Waals surface area contributed by atoms with E-state index < -0.39 is 29.6 Å². The molecule has 1 aliphatic heterocycles. The molecule has 0 saturated carbocycles. The predicted octanol–water partition coefficient (Wildman–Crippen LogP) is 3.36. The number of halogens is 4. The molecule has 30 heavy (non-hydrogen) atoms. The van der Waals surface area contributed by atoms with Gasteiger partial charge in [-0.05, 0) is 13.0 Å². The van der Waals surface area contributed by atoms with E-state index in [9.17, 15) is 22.8 Å². The lowest BCUT2D eigenvalue weighted by Gasteiger charge is -2.13. The molecule has 0 aliphatic carbocycles. The van der Waals surface area contributed by atoms with Gasteiger partial charge in [-0.3, -0.25) is 4.79 Å². The van der Waals surface area contributed by atoms with Gasteiger partial charge in [-0.15, -0.1) is 0 Å². The molecular weight excluding hydrogens is 433 g/mol. The number of pyridine rings is 1. The first kappa shape index (κ1) is 21.6. The van der Waals surface area contributed by atoms with Crippen LogP contribution in [0.4, 0.5) is 19.0 Å². The lowest BCUT2D eigenvalue weighted by atomic mass is 10.0. The number of nitrogens with one attached hydrogen (secondary N) is 1. The Morgan fingerprint density at radius 1 is 1.40 bits per heavy atom. The van der Waals surface area contributed by atoms with Crippen LogP contribution in [0.15, 0.2) is 28.2 Å². The van der Waals surface area contributed by atoms with Crippen molar-refractivity contribution in [2.75, 3.05) is 18.5 Å². The lowest BCUT2D eigenvalue weighted by Crippen LogP contribution is -2.23. The molecule has 3 rings (SSSR count). The molecule has 0 spiro atoms. The molecule has 0 aromatic carbocycles. The Balaban J connectivity index is 1.59. The molecule has 1 N–H and O–H groups in total. The number of nitrogens with zero attached hydrogens (tertiary/aromatic N) is 3. The van der Waals surface area contributed by atoms with Crippen molar-refractivity contribution in [2.24, 2.45) is 5.16 Å². The van der Waals surface area contributed by atoms with Crippen molar-refractivity contribution >= 4 is 34.9 Å². The number of oxime groups is 1. The molecule has 0 bridgehead atoms. The number of carbonyl (C=O) groups is 2. The zero-order valence-electron chi connectivity index (χ0n) is 15.3. The molecule has 3 heterocycles. The fraction of sp³-hybridized carbons (Fsp3) is 0.353. The first-order valence-corrected chi connectivity index (χ1v) is 8.94. The van der Waals surface area contributed by atoms with E-state index in [4.69, 9.17) is 21.2 Å². The zero-order chi connectivity index (χ0) is 21.9. The quantitative estimate of drug-likeness (QED) is 0.508. The summed E-state index contributed by atoms with van der Waals surface area (Å²) in [6, 6.07) is 0.751. The first-order chi connectivity index (χ1) is 14.2.